The van der Waals surface area contributed by atoms with Crippen molar-refractivity contribution in [3.63, 3.8) is 0 Å². The Morgan fingerprint density at radius 2 is 1.73 bits per heavy atom. The fourth-order valence-electron chi connectivity index (χ4n) is 5.83. The van der Waals surface area contributed by atoms with Crippen LogP contribution in [-0.4, -0.2) is 69.7 Å². The molecule has 232 valence electrons. The van der Waals surface area contributed by atoms with Crippen LogP contribution in [0.15, 0.2) is 72.3 Å². The fourth-order valence-corrected chi connectivity index (χ4v) is 5.83. The van der Waals surface area contributed by atoms with Crippen LogP contribution in [0, 0.1) is 6.92 Å². The molecule has 2 fully saturated rings. The normalized spacial score (nSPS) is 18.4. The predicted molar refractivity (Wildman–Crippen MR) is 163 cm³/mol. The summed E-state index contributed by atoms with van der Waals surface area (Å²) in [7, 11) is 1.54. The first-order valence-corrected chi connectivity index (χ1v) is 15.2. The first-order valence-electron chi connectivity index (χ1n) is 15.2. The van der Waals surface area contributed by atoms with Gasteiger partial charge in [0.1, 0.15) is 25.4 Å². The lowest BCUT2D eigenvalue weighted by atomic mass is 9.94. The van der Waals surface area contributed by atoms with Crippen LogP contribution in [0.5, 0.6) is 17.2 Å². The van der Waals surface area contributed by atoms with E-state index in [2.05, 4.69) is 0 Å². The Balaban J connectivity index is 1.47. The van der Waals surface area contributed by atoms with E-state index in [1.807, 2.05) is 44.2 Å². The molecule has 9 heteroatoms. The maximum atomic E-state index is 14.1. The van der Waals surface area contributed by atoms with E-state index in [1.54, 1.807) is 36.4 Å². The molecular formula is C35H40N2O7. The molecule has 1 atom stereocenters. The van der Waals surface area contributed by atoms with Crippen molar-refractivity contribution in [2.24, 2.45) is 0 Å². The second-order valence-corrected chi connectivity index (χ2v) is 11.0. The first-order chi connectivity index (χ1) is 21.4. The molecule has 0 aromatic heterocycles. The van der Waals surface area contributed by atoms with Gasteiger partial charge in [0.2, 0.25) is 5.78 Å². The molecule has 3 aromatic carbocycles. The highest BCUT2D eigenvalue weighted by molar-refractivity contribution is 6.46. The van der Waals surface area contributed by atoms with Crippen molar-refractivity contribution in [2.75, 3.05) is 53.1 Å². The number of nitrogens with one attached hydrogen (secondary N) is 1. The van der Waals surface area contributed by atoms with Gasteiger partial charge in [-0.15, -0.1) is 0 Å². The molecule has 44 heavy (non-hydrogen) atoms. The van der Waals surface area contributed by atoms with Crippen LogP contribution in [-0.2, 0) is 20.9 Å². The summed E-state index contributed by atoms with van der Waals surface area (Å²) in [6.07, 6.45) is 0.688. The van der Waals surface area contributed by atoms with Gasteiger partial charge < -0.3 is 33.9 Å². The predicted octanol–water partition coefficient (Wildman–Crippen LogP) is 2.51. The highest BCUT2D eigenvalue weighted by Crippen LogP contribution is 2.41. The number of nitrogens with zero attached hydrogens (tertiary/aromatic N) is 1. The fraction of sp³-hybridized carbons (Fsp3) is 0.371. The van der Waals surface area contributed by atoms with Crippen molar-refractivity contribution < 1.29 is 38.5 Å². The number of likely N-dealkylation sites (tertiary alicyclic amines) is 1. The van der Waals surface area contributed by atoms with E-state index in [0.717, 1.165) is 30.8 Å². The zero-order valence-electron chi connectivity index (χ0n) is 25.6. The number of carbonyl (C=O) groups excluding carboxylic acids is 2. The largest absolute Gasteiger partial charge is 0.872 e. The van der Waals surface area contributed by atoms with E-state index in [0.29, 0.717) is 67.8 Å². The molecular weight excluding hydrogens is 560 g/mol. The van der Waals surface area contributed by atoms with Crippen molar-refractivity contribution in [3.05, 3.63) is 94.6 Å². The lowest BCUT2D eigenvalue weighted by Crippen LogP contribution is -3.14. The van der Waals surface area contributed by atoms with Crippen LogP contribution in [0.25, 0.3) is 5.76 Å². The van der Waals surface area contributed by atoms with Gasteiger partial charge in [-0.25, -0.2) is 0 Å². The maximum absolute atomic E-state index is 14.1. The number of rotatable bonds is 12. The summed E-state index contributed by atoms with van der Waals surface area (Å²) in [6.45, 7) is 9.02. The van der Waals surface area contributed by atoms with Crippen molar-refractivity contribution in [1.82, 2.24) is 4.90 Å². The van der Waals surface area contributed by atoms with Gasteiger partial charge in [0.25, 0.3) is 5.91 Å². The van der Waals surface area contributed by atoms with E-state index in [-0.39, 0.29) is 5.57 Å². The number of quaternary nitrogens is 1. The van der Waals surface area contributed by atoms with Gasteiger partial charge in [-0.3, -0.25) is 9.59 Å². The lowest BCUT2D eigenvalue weighted by molar-refractivity contribution is -0.908. The Morgan fingerprint density at radius 3 is 2.43 bits per heavy atom. The summed E-state index contributed by atoms with van der Waals surface area (Å²) in [5.74, 6) is -0.247. The van der Waals surface area contributed by atoms with Crippen molar-refractivity contribution >= 4 is 17.4 Å². The number of hydrogen-bond donors (Lipinski definition) is 1. The number of carbonyl (C=O) groups is 2. The third kappa shape index (κ3) is 6.90. The van der Waals surface area contributed by atoms with Crippen LogP contribution in [0.1, 0.15) is 41.6 Å². The minimum atomic E-state index is -0.846. The summed E-state index contributed by atoms with van der Waals surface area (Å²) in [4.78, 5) is 30.0. The molecule has 0 radical (unpaired) electrons. The number of aryl methyl sites for hydroxylation is 1. The number of benzene rings is 3. The quantitative estimate of drug-likeness (QED) is 0.194. The Bertz CT molecular complexity index is 1500. The van der Waals surface area contributed by atoms with Gasteiger partial charge in [0, 0.05) is 18.5 Å². The zero-order valence-corrected chi connectivity index (χ0v) is 25.6. The number of Topliss-reactive ketones (excluding diaryl/α,β-unsaturated/α-hetero) is 1. The molecule has 0 aliphatic carbocycles. The molecule has 2 aliphatic rings. The topological polar surface area (TPSA) is 102 Å². The minimum Gasteiger partial charge on any atom is -0.872 e. The Labute approximate surface area is 258 Å². The average molecular weight is 601 g/mol. The van der Waals surface area contributed by atoms with E-state index >= 15 is 0 Å². The summed E-state index contributed by atoms with van der Waals surface area (Å²) in [5, 5.41) is 14.1. The molecule has 9 nitrogen and oxygen atoms in total. The van der Waals surface area contributed by atoms with Gasteiger partial charge in [0.15, 0.2) is 11.5 Å². The van der Waals surface area contributed by atoms with Crippen LogP contribution < -0.4 is 24.2 Å². The third-order valence-electron chi connectivity index (χ3n) is 8.14. The Kier molecular flexibility index (Phi) is 10.2. The SMILES string of the molecule is CCOc1ccc(C2C(=C([O-])c3ccc(OCc4ccccc4)c(C)c3)C(=O)C(=O)N2CCC[NH+]2CCOCC2)cc1OC. The number of hydrogen-bond acceptors (Lipinski definition) is 7. The highest BCUT2D eigenvalue weighted by Gasteiger charge is 2.44. The van der Waals surface area contributed by atoms with E-state index < -0.39 is 23.5 Å². The van der Waals surface area contributed by atoms with Crippen LogP contribution in [0.2, 0.25) is 0 Å². The number of ketones is 1. The molecule has 2 saturated heterocycles. The lowest BCUT2D eigenvalue weighted by Gasteiger charge is -2.29. The van der Waals surface area contributed by atoms with E-state index in [9.17, 15) is 14.7 Å². The molecule has 5 rings (SSSR count). The van der Waals surface area contributed by atoms with Gasteiger partial charge in [-0.2, -0.15) is 0 Å². The first kappa shape index (κ1) is 31.1. The van der Waals surface area contributed by atoms with E-state index in [1.165, 1.54) is 16.9 Å². The summed E-state index contributed by atoms with van der Waals surface area (Å²) < 4.78 is 22.7. The van der Waals surface area contributed by atoms with Gasteiger partial charge in [-0.1, -0.05) is 48.2 Å². The monoisotopic (exact) mass is 600 g/mol. The average Bonchev–Trinajstić information content (AvgIpc) is 3.30. The Hall–Kier alpha value is -4.34. The summed E-state index contributed by atoms with van der Waals surface area (Å²) in [6, 6.07) is 19.4. The second-order valence-electron chi connectivity index (χ2n) is 11.0. The van der Waals surface area contributed by atoms with Crippen molar-refractivity contribution in [3.8, 4) is 17.2 Å². The van der Waals surface area contributed by atoms with Crippen LogP contribution in [0.4, 0.5) is 0 Å². The minimum absolute atomic E-state index is 0.0581. The van der Waals surface area contributed by atoms with Gasteiger partial charge in [-0.05, 0) is 60.4 Å². The van der Waals surface area contributed by atoms with Crippen LogP contribution in [0.3, 0.4) is 0 Å². The molecule has 1 N–H and O–H groups in total. The van der Waals surface area contributed by atoms with Crippen LogP contribution >= 0.6 is 0 Å². The number of ether oxygens (including phenoxy) is 4. The number of morpholine rings is 1. The van der Waals surface area contributed by atoms with E-state index in [4.69, 9.17) is 18.9 Å². The molecule has 2 heterocycles. The number of methoxy groups -OCH3 is 1. The molecule has 0 bridgehead atoms. The van der Waals surface area contributed by atoms with Crippen molar-refractivity contribution in [1.29, 1.82) is 0 Å². The number of amides is 1. The Morgan fingerprint density at radius 1 is 0.977 bits per heavy atom. The second kappa shape index (κ2) is 14.4. The van der Waals surface area contributed by atoms with Crippen molar-refractivity contribution in [2.45, 2.75) is 32.9 Å². The zero-order chi connectivity index (χ0) is 31.1. The maximum Gasteiger partial charge on any atom is 0.295 e. The smallest absolute Gasteiger partial charge is 0.295 e. The summed E-state index contributed by atoms with van der Waals surface area (Å²) >= 11 is 0. The third-order valence-corrected chi connectivity index (χ3v) is 8.14. The summed E-state index contributed by atoms with van der Waals surface area (Å²) in [5.41, 5.74) is 2.67. The molecule has 1 amide bonds. The molecule has 0 spiro atoms. The molecule has 2 aliphatic heterocycles. The van der Waals surface area contributed by atoms with Gasteiger partial charge >= 0.3 is 0 Å². The molecule has 3 aromatic rings. The van der Waals surface area contributed by atoms with Gasteiger partial charge in [0.05, 0.1) is 39.5 Å². The molecule has 1 unspecified atom stereocenters. The standard InChI is InChI=1S/C35H40N2O7/c1-4-43-29-14-11-26(22-30(29)41-3)32-31(34(39)35(40)37(32)16-8-15-36-17-19-42-20-18-36)33(38)27-12-13-28(24(2)21-27)44-23-25-9-6-5-7-10-25/h5-7,9-14,21-22,32,38H,4,8,15-20,23H2,1-3H3. The highest BCUT2D eigenvalue weighted by atomic mass is 16.5. The molecule has 0 saturated carbocycles.